The van der Waals surface area contributed by atoms with Crippen molar-refractivity contribution in [3.63, 3.8) is 0 Å². The number of anilines is 1. The molecule has 0 saturated heterocycles. The first-order valence-electron chi connectivity index (χ1n) is 5.38. The van der Waals surface area contributed by atoms with Crippen LogP contribution in [0.4, 0.5) is 5.69 Å². The Morgan fingerprint density at radius 3 is 2.39 bits per heavy atom. The van der Waals surface area contributed by atoms with E-state index in [4.69, 9.17) is 10.5 Å². The number of rotatable bonds is 3. The van der Waals surface area contributed by atoms with E-state index in [-0.39, 0.29) is 10.5 Å². The zero-order chi connectivity index (χ0) is 13.6. The van der Waals surface area contributed by atoms with Gasteiger partial charge in [-0.3, -0.25) is 5.43 Å². The largest absolute Gasteiger partial charge is 0.275 e. The maximum Gasteiger partial charge on any atom is 0.237 e. The molecule has 0 saturated carbocycles. The molecule has 0 spiro atoms. The lowest BCUT2D eigenvalue weighted by Crippen LogP contribution is -2.07. The first-order valence-corrected chi connectivity index (χ1v) is 6.20. The molecule has 0 aromatic heterocycles. The van der Waals surface area contributed by atoms with Gasteiger partial charge in [-0.1, -0.05) is 32.9 Å². The fraction of sp³-hybridized carbons (Fsp3) is 0.308. The van der Waals surface area contributed by atoms with Crippen molar-refractivity contribution in [1.29, 1.82) is 10.5 Å². The summed E-state index contributed by atoms with van der Waals surface area (Å²) in [5.74, 6) is 0. The summed E-state index contributed by atoms with van der Waals surface area (Å²) in [7, 11) is 0. The van der Waals surface area contributed by atoms with Gasteiger partial charge < -0.3 is 0 Å². The van der Waals surface area contributed by atoms with Crippen molar-refractivity contribution >= 4 is 23.2 Å². The maximum atomic E-state index is 8.61. The Kier molecular flexibility index (Phi) is 4.76. The van der Waals surface area contributed by atoms with Crippen LogP contribution in [0.5, 0.6) is 0 Å². The van der Waals surface area contributed by atoms with E-state index < -0.39 is 0 Å². The van der Waals surface area contributed by atoms with Crippen LogP contribution in [-0.2, 0) is 0 Å². The average molecular weight is 258 g/mol. The van der Waals surface area contributed by atoms with E-state index in [1.54, 1.807) is 23.9 Å². The van der Waals surface area contributed by atoms with Crippen LogP contribution < -0.4 is 5.43 Å². The van der Waals surface area contributed by atoms with E-state index in [0.717, 1.165) is 10.6 Å². The minimum absolute atomic E-state index is 0.0782. The third-order valence-electron chi connectivity index (χ3n) is 1.80. The van der Waals surface area contributed by atoms with E-state index >= 15 is 0 Å². The van der Waals surface area contributed by atoms with E-state index in [2.05, 4.69) is 31.3 Å². The van der Waals surface area contributed by atoms with Gasteiger partial charge in [0.2, 0.25) is 5.71 Å². The van der Waals surface area contributed by atoms with Crippen molar-refractivity contribution in [2.24, 2.45) is 5.10 Å². The number of hydrogen-bond acceptors (Lipinski definition) is 5. The number of nitrogens with zero attached hydrogens (tertiary/aromatic N) is 3. The highest BCUT2D eigenvalue weighted by Gasteiger charge is 2.14. The highest BCUT2D eigenvalue weighted by molar-refractivity contribution is 8.00. The predicted octanol–water partition coefficient (Wildman–Crippen LogP) is 3.39. The van der Waals surface area contributed by atoms with Gasteiger partial charge in [0.05, 0.1) is 5.69 Å². The van der Waals surface area contributed by atoms with Crippen LogP contribution in [0.15, 0.2) is 34.3 Å². The molecule has 1 N–H and O–H groups in total. The number of thioether (sulfide) groups is 1. The summed E-state index contributed by atoms with van der Waals surface area (Å²) in [6, 6.07) is 11.1. The normalized spacial score (nSPS) is 10.1. The number of hydrazone groups is 1. The van der Waals surface area contributed by atoms with Crippen LogP contribution in [0.1, 0.15) is 20.8 Å². The van der Waals surface area contributed by atoms with Crippen LogP contribution in [0, 0.1) is 22.7 Å². The Bertz CT molecular complexity index is 513. The Hall–Kier alpha value is -1.98. The van der Waals surface area contributed by atoms with Gasteiger partial charge in [-0.2, -0.15) is 15.6 Å². The Balaban J connectivity index is 2.94. The van der Waals surface area contributed by atoms with Crippen LogP contribution in [-0.4, -0.2) is 10.5 Å². The molecule has 0 fully saturated rings. The molecular weight excluding hydrogens is 244 g/mol. The smallest absolute Gasteiger partial charge is 0.237 e. The predicted molar refractivity (Wildman–Crippen MR) is 74.3 cm³/mol. The second kappa shape index (κ2) is 6.09. The van der Waals surface area contributed by atoms with Gasteiger partial charge in [0, 0.05) is 9.64 Å². The zero-order valence-corrected chi connectivity index (χ0v) is 11.4. The lowest BCUT2D eigenvalue weighted by molar-refractivity contribution is 0.803. The SMILES string of the molecule is CC(C)(C)Sc1ccccc1NN=C(C#N)C#N. The van der Waals surface area contributed by atoms with Crippen LogP contribution >= 0.6 is 11.8 Å². The molecule has 0 unspecified atom stereocenters. The first-order chi connectivity index (χ1) is 8.46. The molecule has 1 aromatic rings. The fourth-order valence-electron chi connectivity index (χ4n) is 1.17. The minimum Gasteiger partial charge on any atom is -0.275 e. The molecule has 0 atom stereocenters. The molecular formula is C13H14N4S. The molecule has 0 amide bonds. The number of hydrogen-bond donors (Lipinski definition) is 1. The first kappa shape index (κ1) is 14.1. The summed E-state index contributed by atoms with van der Waals surface area (Å²) in [5, 5.41) is 21.0. The summed E-state index contributed by atoms with van der Waals surface area (Å²) in [4.78, 5) is 1.03. The summed E-state index contributed by atoms with van der Waals surface area (Å²) in [6.45, 7) is 6.36. The summed E-state index contributed by atoms with van der Waals surface area (Å²) >= 11 is 1.70. The quantitative estimate of drug-likeness (QED) is 0.512. The third-order valence-corrected chi connectivity index (χ3v) is 2.99. The second-order valence-electron chi connectivity index (χ2n) is 4.51. The Morgan fingerprint density at radius 2 is 1.83 bits per heavy atom. The van der Waals surface area contributed by atoms with Crippen molar-refractivity contribution in [2.75, 3.05) is 5.43 Å². The van der Waals surface area contributed by atoms with E-state index in [9.17, 15) is 0 Å². The highest BCUT2D eigenvalue weighted by atomic mass is 32.2. The van der Waals surface area contributed by atoms with Crippen LogP contribution in [0.3, 0.4) is 0 Å². The van der Waals surface area contributed by atoms with Gasteiger partial charge in [-0.05, 0) is 12.1 Å². The van der Waals surface area contributed by atoms with Gasteiger partial charge >= 0.3 is 0 Å². The third kappa shape index (κ3) is 4.48. The molecule has 0 bridgehead atoms. The average Bonchev–Trinajstić information content (AvgIpc) is 2.30. The fourth-order valence-corrected chi connectivity index (χ4v) is 2.20. The minimum atomic E-state index is -0.189. The molecule has 5 heteroatoms. The van der Waals surface area contributed by atoms with Gasteiger partial charge in [0.25, 0.3) is 0 Å². The van der Waals surface area contributed by atoms with Gasteiger partial charge in [0.1, 0.15) is 12.1 Å². The molecule has 4 nitrogen and oxygen atoms in total. The lowest BCUT2D eigenvalue weighted by atomic mass is 10.3. The number of nitriles is 2. The van der Waals surface area contributed by atoms with E-state index in [0.29, 0.717) is 0 Å². The van der Waals surface area contributed by atoms with Gasteiger partial charge in [0.15, 0.2) is 0 Å². The molecule has 18 heavy (non-hydrogen) atoms. The molecule has 0 radical (unpaired) electrons. The Labute approximate surface area is 111 Å². The molecule has 0 heterocycles. The zero-order valence-electron chi connectivity index (χ0n) is 10.6. The van der Waals surface area contributed by atoms with Crippen molar-refractivity contribution in [3.05, 3.63) is 24.3 Å². The highest BCUT2D eigenvalue weighted by Crippen LogP contribution is 2.36. The number of nitrogens with one attached hydrogen (secondary N) is 1. The molecule has 1 aromatic carbocycles. The van der Waals surface area contributed by atoms with Crippen LogP contribution in [0.2, 0.25) is 0 Å². The summed E-state index contributed by atoms with van der Waals surface area (Å²) in [6.07, 6.45) is 0. The lowest BCUT2D eigenvalue weighted by Gasteiger charge is -2.19. The standard InChI is InChI=1S/C13H14N4S/c1-13(2,3)18-12-7-5-4-6-11(12)17-16-10(8-14)9-15/h4-7,17H,1-3H3. The molecule has 0 aliphatic rings. The Morgan fingerprint density at radius 1 is 1.22 bits per heavy atom. The topological polar surface area (TPSA) is 72.0 Å². The maximum absolute atomic E-state index is 8.61. The van der Waals surface area contributed by atoms with Crippen molar-refractivity contribution in [2.45, 2.75) is 30.4 Å². The van der Waals surface area contributed by atoms with Crippen molar-refractivity contribution < 1.29 is 0 Å². The van der Waals surface area contributed by atoms with Crippen molar-refractivity contribution in [1.82, 2.24) is 0 Å². The summed E-state index contributed by atoms with van der Waals surface area (Å²) < 4.78 is 0.0782. The molecule has 0 aliphatic carbocycles. The molecule has 1 rings (SSSR count). The number of benzene rings is 1. The van der Waals surface area contributed by atoms with Gasteiger partial charge in [-0.15, -0.1) is 11.8 Å². The summed E-state index contributed by atoms with van der Waals surface area (Å²) in [5.41, 5.74) is 3.36. The van der Waals surface area contributed by atoms with Crippen molar-refractivity contribution in [3.8, 4) is 12.1 Å². The molecule has 92 valence electrons. The van der Waals surface area contributed by atoms with Crippen LogP contribution in [0.25, 0.3) is 0 Å². The monoisotopic (exact) mass is 258 g/mol. The van der Waals surface area contributed by atoms with Gasteiger partial charge in [-0.25, -0.2) is 0 Å². The molecule has 0 aliphatic heterocycles. The second-order valence-corrected chi connectivity index (χ2v) is 6.38. The number of para-hydroxylation sites is 1. The van der Waals surface area contributed by atoms with E-state index in [1.165, 1.54) is 0 Å². The van der Waals surface area contributed by atoms with E-state index in [1.807, 2.05) is 24.3 Å².